The fourth-order valence-electron chi connectivity index (χ4n) is 1.53. The van der Waals surface area contributed by atoms with Crippen molar-refractivity contribution in [2.75, 3.05) is 5.73 Å². The third-order valence-corrected chi connectivity index (χ3v) is 2.45. The van der Waals surface area contributed by atoms with E-state index < -0.39 is 5.82 Å². The molecule has 2 rings (SSSR count). The molecular formula is C13H13FN4O. The molecule has 1 aromatic carbocycles. The van der Waals surface area contributed by atoms with Gasteiger partial charge in [-0.15, -0.1) is 0 Å². The topological polar surface area (TPSA) is 86.5 Å². The van der Waals surface area contributed by atoms with Crippen molar-refractivity contribution in [2.24, 2.45) is 10.7 Å². The first-order valence-corrected chi connectivity index (χ1v) is 5.54. The lowest BCUT2D eigenvalue weighted by Crippen LogP contribution is -1.95. The molecule has 0 radical (unpaired) electrons. The van der Waals surface area contributed by atoms with Crippen LogP contribution in [-0.4, -0.2) is 11.3 Å². The average Bonchev–Trinajstić information content (AvgIpc) is 2.37. The molecule has 6 heteroatoms. The van der Waals surface area contributed by atoms with Gasteiger partial charge in [0.2, 0.25) is 0 Å². The van der Waals surface area contributed by atoms with Crippen LogP contribution >= 0.6 is 0 Å². The van der Waals surface area contributed by atoms with Gasteiger partial charge in [-0.3, -0.25) is 0 Å². The summed E-state index contributed by atoms with van der Waals surface area (Å²) >= 11 is 0. The fraction of sp³-hybridized carbons (Fsp3) is 0.0769. The van der Waals surface area contributed by atoms with Gasteiger partial charge in [-0.1, -0.05) is 0 Å². The summed E-state index contributed by atoms with van der Waals surface area (Å²) in [6, 6.07) is 6.00. The van der Waals surface area contributed by atoms with Crippen LogP contribution in [0.1, 0.15) is 5.56 Å². The number of rotatable bonds is 3. The highest BCUT2D eigenvalue weighted by atomic mass is 19.1. The largest absolute Gasteiger partial charge is 0.457 e. The Morgan fingerprint density at radius 2 is 2.16 bits per heavy atom. The lowest BCUT2D eigenvalue weighted by Gasteiger charge is -2.10. The highest BCUT2D eigenvalue weighted by molar-refractivity contribution is 5.57. The van der Waals surface area contributed by atoms with Crippen molar-refractivity contribution >= 4 is 17.8 Å². The van der Waals surface area contributed by atoms with Crippen LogP contribution in [-0.2, 0) is 0 Å². The van der Waals surface area contributed by atoms with E-state index in [4.69, 9.17) is 16.2 Å². The van der Waals surface area contributed by atoms with Crippen molar-refractivity contribution < 1.29 is 9.13 Å². The van der Waals surface area contributed by atoms with E-state index in [9.17, 15) is 4.39 Å². The Kier molecular flexibility index (Phi) is 3.61. The number of aromatic nitrogens is 1. The lowest BCUT2D eigenvalue weighted by molar-refractivity contribution is 0.473. The molecule has 2 aromatic rings. The third kappa shape index (κ3) is 2.98. The molecule has 0 atom stereocenters. The summed E-state index contributed by atoms with van der Waals surface area (Å²) in [5.74, 6) is 0.770. The number of hydrogen-bond donors (Lipinski definition) is 2. The van der Waals surface area contributed by atoms with E-state index in [1.165, 1.54) is 18.3 Å². The fourth-order valence-corrected chi connectivity index (χ4v) is 1.53. The van der Waals surface area contributed by atoms with Gasteiger partial charge in [0.15, 0.2) is 5.82 Å². The van der Waals surface area contributed by atoms with Gasteiger partial charge in [0.25, 0.3) is 0 Å². The number of anilines is 1. The maximum absolute atomic E-state index is 13.4. The van der Waals surface area contributed by atoms with Crippen LogP contribution in [0, 0.1) is 12.7 Å². The molecule has 0 saturated carbocycles. The van der Waals surface area contributed by atoms with Crippen LogP contribution < -0.4 is 16.2 Å². The summed E-state index contributed by atoms with van der Waals surface area (Å²) in [6.45, 7) is 1.78. The van der Waals surface area contributed by atoms with Crippen LogP contribution in [0.4, 0.5) is 15.9 Å². The number of nitrogens with two attached hydrogens (primary N) is 2. The van der Waals surface area contributed by atoms with Crippen LogP contribution in [0.15, 0.2) is 35.5 Å². The number of nitrogens with zero attached hydrogens (tertiary/aromatic N) is 2. The molecule has 98 valence electrons. The summed E-state index contributed by atoms with van der Waals surface area (Å²) in [6.07, 6.45) is 2.67. The second kappa shape index (κ2) is 5.34. The van der Waals surface area contributed by atoms with Crippen molar-refractivity contribution in [3.8, 4) is 11.5 Å². The molecule has 0 fully saturated rings. The van der Waals surface area contributed by atoms with Gasteiger partial charge in [-0.25, -0.2) is 14.4 Å². The van der Waals surface area contributed by atoms with Crippen molar-refractivity contribution in [1.82, 2.24) is 4.98 Å². The van der Waals surface area contributed by atoms with Gasteiger partial charge in [0, 0.05) is 18.3 Å². The van der Waals surface area contributed by atoms with Gasteiger partial charge < -0.3 is 16.2 Å². The standard InChI is InChI=1S/C13H13FN4O/c1-8-4-11(16)10(14)6-12(8)19-9-2-3-17-13(5-9)18-7-15/h2-7H,16H2,1H3,(H2,15,17,18). The van der Waals surface area contributed by atoms with Crippen LogP contribution in [0.2, 0.25) is 0 Å². The van der Waals surface area contributed by atoms with E-state index in [0.29, 0.717) is 17.3 Å². The highest BCUT2D eigenvalue weighted by Gasteiger charge is 2.07. The number of aryl methyl sites for hydroxylation is 1. The van der Waals surface area contributed by atoms with E-state index in [1.807, 2.05) is 0 Å². The second-order valence-electron chi connectivity index (χ2n) is 3.87. The molecular weight excluding hydrogens is 247 g/mol. The Labute approximate surface area is 109 Å². The average molecular weight is 260 g/mol. The molecule has 0 bridgehead atoms. The van der Waals surface area contributed by atoms with E-state index in [-0.39, 0.29) is 5.69 Å². The number of halogens is 1. The summed E-state index contributed by atoms with van der Waals surface area (Å²) < 4.78 is 19.0. The maximum Gasteiger partial charge on any atom is 0.157 e. The first-order chi connectivity index (χ1) is 9.10. The first kappa shape index (κ1) is 12.8. The molecule has 4 N–H and O–H groups in total. The number of benzene rings is 1. The first-order valence-electron chi connectivity index (χ1n) is 5.54. The Morgan fingerprint density at radius 1 is 1.37 bits per heavy atom. The van der Waals surface area contributed by atoms with Gasteiger partial charge in [0.05, 0.1) is 12.0 Å². The zero-order valence-electron chi connectivity index (χ0n) is 10.3. The SMILES string of the molecule is Cc1cc(N)c(F)cc1Oc1ccnc(N=CN)c1. The van der Waals surface area contributed by atoms with Crippen LogP contribution in [0.3, 0.4) is 0 Å². The molecule has 0 amide bonds. The quantitative estimate of drug-likeness (QED) is 0.504. The Hall–Kier alpha value is -2.63. The molecule has 0 spiro atoms. The van der Waals surface area contributed by atoms with E-state index in [0.717, 1.165) is 11.9 Å². The van der Waals surface area contributed by atoms with Crippen molar-refractivity contribution in [2.45, 2.75) is 6.92 Å². The van der Waals surface area contributed by atoms with Crippen molar-refractivity contribution in [3.63, 3.8) is 0 Å². The molecule has 19 heavy (non-hydrogen) atoms. The molecule has 5 nitrogen and oxygen atoms in total. The minimum Gasteiger partial charge on any atom is -0.457 e. The molecule has 1 heterocycles. The van der Waals surface area contributed by atoms with Gasteiger partial charge in [0.1, 0.15) is 17.3 Å². The molecule has 0 aliphatic heterocycles. The maximum atomic E-state index is 13.4. The van der Waals surface area contributed by atoms with Crippen molar-refractivity contribution in [1.29, 1.82) is 0 Å². The number of ether oxygens (including phenoxy) is 1. The smallest absolute Gasteiger partial charge is 0.157 e. The zero-order valence-corrected chi connectivity index (χ0v) is 10.3. The van der Waals surface area contributed by atoms with E-state index >= 15 is 0 Å². The Morgan fingerprint density at radius 3 is 2.89 bits per heavy atom. The predicted molar refractivity (Wildman–Crippen MR) is 72.2 cm³/mol. The number of nitrogen functional groups attached to an aromatic ring is 1. The Bertz CT molecular complexity index is 628. The monoisotopic (exact) mass is 260 g/mol. The predicted octanol–water partition coefficient (Wildman–Crippen LogP) is 2.52. The molecule has 0 unspecified atom stereocenters. The molecule has 1 aromatic heterocycles. The molecule has 0 aliphatic carbocycles. The van der Waals surface area contributed by atoms with Crippen LogP contribution in [0.5, 0.6) is 11.5 Å². The molecule has 0 aliphatic rings. The minimum atomic E-state index is -0.519. The second-order valence-corrected chi connectivity index (χ2v) is 3.87. The highest BCUT2D eigenvalue weighted by Crippen LogP contribution is 2.29. The van der Waals surface area contributed by atoms with E-state index in [1.54, 1.807) is 19.1 Å². The third-order valence-electron chi connectivity index (χ3n) is 2.45. The minimum absolute atomic E-state index is 0.0907. The summed E-state index contributed by atoms with van der Waals surface area (Å²) in [4.78, 5) is 7.80. The van der Waals surface area contributed by atoms with E-state index in [2.05, 4.69) is 9.98 Å². The summed E-state index contributed by atoms with van der Waals surface area (Å²) in [7, 11) is 0. The summed E-state index contributed by atoms with van der Waals surface area (Å²) in [5, 5.41) is 0. The Balaban J connectivity index is 2.31. The lowest BCUT2D eigenvalue weighted by atomic mass is 10.2. The molecule has 0 saturated heterocycles. The van der Waals surface area contributed by atoms with Crippen molar-refractivity contribution in [3.05, 3.63) is 41.8 Å². The van der Waals surface area contributed by atoms with Crippen LogP contribution in [0.25, 0.3) is 0 Å². The number of pyridine rings is 1. The van der Waals surface area contributed by atoms with Gasteiger partial charge >= 0.3 is 0 Å². The number of hydrogen-bond acceptors (Lipinski definition) is 4. The number of aliphatic imine (C=N–C) groups is 1. The van der Waals surface area contributed by atoms with Gasteiger partial charge in [-0.2, -0.15) is 0 Å². The normalized spacial score (nSPS) is 10.8. The summed E-state index contributed by atoms with van der Waals surface area (Å²) in [5.41, 5.74) is 11.5. The zero-order chi connectivity index (χ0) is 13.8. The van der Waals surface area contributed by atoms with Gasteiger partial charge in [-0.05, 0) is 24.6 Å².